The summed E-state index contributed by atoms with van der Waals surface area (Å²) in [6, 6.07) is 0.241. The zero-order chi connectivity index (χ0) is 12.5. The highest BCUT2D eigenvalue weighted by molar-refractivity contribution is 5.86. The Morgan fingerprint density at radius 3 is 3.17 bits per heavy atom. The number of aromatic nitrogens is 4. The van der Waals surface area contributed by atoms with Crippen molar-refractivity contribution >= 4 is 16.9 Å². The van der Waals surface area contributed by atoms with Gasteiger partial charge in [-0.25, -0.2) is 9.97 Å². The van der Waals surface area contributed by atoms with E-state index in [1.165, 1.54) is 0 Å². The van der Waals surface area contributed by atoms with Crippen LogP contribution in [0.3, 0.4) is 0 Å². The largest absolute Gasteiger partial charge is 0.376 e. The lowest BCUT2D eigenvalue weighted by atomic mass is 10.1. The van der Waals surface area contributed by atoms with Gasteiger partial charge in [0.15, 0.2) is 5.65 Å². The van der Waals surface area contributed by atoms with Gasteiger partial charge < -0.3 is 10.1 Å². The lowest BCUT2D eigenvalue weighted by Gasteiger charge is -2.20. The number of nitrogens with zero attached hydrogens (tertiary/aromatic N) is 4. The second kappa shape index (κ2) is 4.53. The second-order valence-corrected chi connectivity index (χ2v) is 4.71. The first kappa shape index (κ1) is 11.4. The summed E-state index contributed by atoms with van der Waals surface area (Å²) in [6.07, 6.45) is 5.87. The van der Waals surface area contributed by atoms with Gasteiger partial charge in [-0.3, -0.25) is 4.68 Å². The third-order valence-corrected chi connectivity index (χ3v) is 3.42. The first-order valence-electron chi connectivity index (χ1n) is 6.26. The molecule has 0 bridgehead atoms. The third kappa shape index (κ3) is 1.92. The highest BCUT2D eigenvalue weighted by Gasteiger charge is 2.23. The van der Waals surface area contributed by atoms with Crippen molar-refractivity contribution in [3.63, 3.8) is 0 Å². The normalized spacial score (nSPS) is 21.3. The van der Waals surface area contributed by atoms with E-state index in [9.17, 15) is 0 Å². The van der Waals surface area contributed by atoms with Gasteiger partial charge >= 0.3 is 0 Å². The van der Waals surface area contributed by atoms with Gasteiger partial charge in [-0.05, 0) is 19.8 Å². The van der Waals surface area contributed by atoms with Gasteiger partial charge in [-0.15, -0.1) is 0 Å². The minimum absolute atomic E-state index is 0.241. The van der Waals surface area contributed by atoms with Crippen molar-refractivity contribution in [1.29, 1.82) is 0 Å². The van der Waals surface area contributed by atoms with Crippen LogP contribution in [0.15, 0.2) is 12.5 Å². The van der Waals surface area contributed by atoms with Crippen LogP contribution >= 0.6 is 0 Å². The molecule has 3 rings (SSSR count). The summed E-state index contributed by atoms with van der Waals surface area (Å²) in [4.78, 5) is 8.52. The van der Waals surface area contributed by atoms with E-state index >= 15 is 0 Å². The summed E-state index contributed by atoms with van der Waals surface area (Å²) in [7, 11) is 1.88. The topological polar surface area (TPSA) is 64.9 Å². The predicted molar refractivity (Wildman–Crippen MR) is 68.4 cm³/mol. The van der Waals surface area contributed by atoms with Gasteiger partial charge in [0.1, 0.15) is 12.1 Å². The van der Waals surface area contributed by atoms with Crippen molar-refractivity contribution in [2.75, 3.05) is 11.9 Å². The number of anilines is 1. The zero-order valence-corrected chi connectivity index (χ0v) is 10.6. The number of rotatable bonds is 3. The van der Waals surface area contributed by atoms with Gasteiger partial charge in [-0.2, -0.15) is 5.10 Å². The summed E-state index contributed by atoms with van der Waals surface area (Å²) in [5.41, 5.74) is 0.840. The number of ether oxygens (including phenoxy) is 1. The molecule has 1 aliphatic rings. The van der Waals surface area contributed by atoms with Gasteiger partial charge in [0.2, 0.25) is 0 Å². The third-order valence-electron chi connectivity index (χ3n) is 3.42. The minimum atomic E-state index is 0.241. The predicted octanol–water partition coefficient (Wildman–Crippen LogP) is 1.34. The maximum absolute atomic E-state index is 5.68. The Morgan fingerprint density at radius 1 is 1.50 bits per heavy atom. The van der Waals surface area contributed by atoms with Gasteiger partial charge in [0, 0.05) is 13.7 Å². The van der Waals surface area contributed by atoms with Crippen LogP contribution in [-0.2, 0) is 11.8 Å². The van der Waals surface area contributed by atoms with Crippen molar-refractivity contribution in [2.24, 2.45) is 7.05 Å². The Morgan fingerprint density at radius 2 is 2.39 bits per heavy atom. The van der Waals surface area contributed by atoms with Gasteiger partial charge in [0.05, 0.1) is 23.7 Å². The van der Waals surface area contributed by atoms with Crippen LogP contribution in [0.4, 0.5) is 5.82 Å². The van der Waals surface area contributed by atoms with Crippen LogP contribution in [0.25, 0.3) is 11.0 Å². The molecule has 0 aromatic carbocycles. The molecule has 0 amide bonds. The molecule has 2 aromatic rings. The number of nitrogens with one attached hydrogen (secondary N) is 1. The monoisotopic (exact) mass is 247 g/mol. The molecule has 1 fully saturated rings. The van der Waals surface area contributed by atoms with E-state index < -0.39 is 0 Å². The molecule has 2 atom stereocenters. The molecule has 18 heavy (non-hydrogen) atoms. The minimum Gasteiger partial charge on any atom is -0.376 e. The van der Waals surface area contributed by atoms with Crippen LogP contribution in [0.2, 0.25) is 0 Å². The van der Waals surface area contributed by atoms with Crippen molar-refractivity contribution in [1.82, 2.24) is 19.7 Å². The number of fused-ring (bicyclic) bond motifs is 1. The first-order chi connectivity index (χ1) is 8.75. The molecule has 96 valence electrons. The number of hydrogen-bond donors (Lipinski definition) is 1. The molecule has 0 radical (unpaired) electrons. The van der Waals surface area contributed by atoms with Crippen molar-refractivity contribution in [3.05, 3.63) is 12.5 Å². The summed E-state index contributed by atoms with van der Waals surface area (Å²) in [5, 5.41) is 8.56. The van der Waals surface area contributed by atoms with E-state index in [4.69, 9.17) is 4.74 Å². The molecule has 0 unspecified atom stereocenters. The molecule has 0 spiro atoms. The van der Waals surface area contributed by atoms with E-state index in [1.807, 2.05) is 7.05 Å². The molecule has 0 aliphatic carbocycles. The van der Waals surface area contributed by atoms with Gasteiger partial charge in [-0.1, -0.05) is 0 Å². The Balaban J connectivity index is 1.85. The lowest BCUT2D eigenvalue weighted by molar-refractivity contribution is 0.0996. The second-order valence-electron chi connectivity index (χ2n) is 4.71. The fraction of sp³-hybridized carbons (Fsp3) is 0.583. The Hall–Kier alpha value is -1.69. The smallest absolute Gasteiger partial charge is 0.163 e. The first-order valence-corrected chi connectivity index (χ1v) is 6.26. The average Bonchev–Trinajstić information content (AvgIpc) is 3.00. The number of aryl methyl sites for hydroxylation is 1. The standard InChI is InChI=1S/C12H17N5O/c1-8(10-4-3-5-18-10)16-11-9-6-15-17(2)12(9)14-7-13-11/h6-8,10H,3-5H2,1-2H3,(H,13,14,16)/t8-,10-/m1/s1. The van der Waals surface area contributed by atoms with Crippen molar-refractivity contribution in [2.45, 2.75) is 31.9 Å². The summed E-state index contributed by atoms with van der Waals surface area (Å²) >= 11 is 0. The summed E-state index contributed by atoms with van der Waals surface area (Å²) in [6.45, 7) is 2.99. The maximum atomic E-state index is 5.68. The Bertz CT molecular complexity index is 546. The lowest BCUT2D eigenvalue weighted by Crippen LogP contribution is -2.30. The highest BCUT2D eigenvalue weighted by atomic mass is 16.5. The van der Waals surface area contributed by atoms with E-state index in [0.29, 0.717) is 0 Å². The van der Waals surface area contributed by atoms with Crippen LogP contribution in [0.1, 0.15) is 19.8 Å². The van der Waals surface area contributed by atoms with E-state index in [1.54, 1.807) is 17.2 Å². The Kier molecular flexibility index (Phi) is 2.87. The molecule has 1 aliphatic heterocycles. The summed E-state index contributed by atoms with van der Waals surface area (Å²) < 4.78 is 7.43. The van der Waals surface area contributed by atoms with Gasteiger partial charge in [0.25, 0.3) is 0 Å². The Labute approximate surface area is 105 Å². The average molecular weight is 247 g/mol. The SMILES string of the molecule is C[C@@H](Nc1ncnc2c1cnn2C)[C@H]1CCCO1. The molecule has 1 saturated heterocycles. The molecule has 6 heteroatoms. The van der Waals surface area contributed by atoms with Crippen LogP contribution in [-0.4, -0.2) is 38.5 Å². The quantitative estimate of drug-likeness (QED) is 0.886. The van der Waals surface area contributed by atoms with Crippen molar-refractivity contribution in [3.8, 4) is 0 Å². The van der Waals surface area contributed by atoms with E-state index in [2.05, 4.69) is 27.3 Å². The zero-order valence-electron chi connectivity index (χ0n) is 10.6. The van der Waals surface area contributed by atoms with E-state index in [0.717, 1.165) is 36.3 Å². The molecular weight excluding hydrogens is 230 g/mol. The van der Waals surface area contributed by atoms with Crippen molar-refractivity contribution < 1.29 is 4.74 Å². The fourth-order valence-corrected chi connectivity index (χ4v) is 2.38. The van der Waals surface area contributed by atoms with E-state index in [-0.39, 0.29) is 12.1 Å². The van der Waals surface area contributed by atoms with Crippen LogP contribution < -0.4 is 5.32 Å². The molecule has 6 nitrogen and oxygen atoms in total. The molecule has 2 aromatic heterocycles. The maximum Gasteiger partial charge on any atom is 0.163 e. The highest BCUT2D eigenvalue weighted by Crippen LogP contribution is 2.22. The van der Waals surface area contributed by atoms with Crippen LogP contribution in [0, 0.1) is 0 Å². The number of hydrogen-bond acceptors (Lipinski definition) is 5. The molecule has 0 saturated carbocycles. The van der Waals surface area contributed by atoms with Crippen LogP contribution in [0.5, 0.6) is 0 Å². The summed E-state index contributed by atoms with van der Waals surface area (Å²) in [5.74, 6) is 0.830. The molecule has 1 N–H and O–H groups in total. The molecular formula is C12H17N5O. The molecule has 3 heterocycles. The fourth-order valence-electron chi connectivity index (χ4n) is 2.38.